The molecule has 4 saturated carbocycles. The van der Waals surface area contributed by atoms with Crippen LogP contribution in [0.15, 0.2) is 30.3 Å². The van der Waals surface area contributed by atoms with Crippen LogP contribution in [0.1, 0.15) is 38.5 Å². The van der Waals surface area contributed by atoms with Crippen molar-refractivity contribution in [3.63, 3.8) is 0 Å². The molecule has 0 aliphatic heterocycles. The van der Waals surface area contributed by atoms with Gasteiger partial charge < -0.3 is 10.1 Å². The lowest BCUT2D eigenvalue weighted by molar-refractivity contribution is -0.140. The van der Waals surface area contributed by atoms with E-state index in [1.54, 1.807) is 7.11 Å². The Kier molecular flexibility index (Phi) is 3.59. The number of methoxy groups -OCH3 is 1. The predicted octanol–water partition coefficient (Wildman–Crippen LogP) is 4.24. The van der Waals surface area contributed by atoms with Crippen molar-refractivity contribution >= 4 is 11.7 Å². The van der Waals surface area contributed by atoms with Crippen molar-refractivity contribution in [3.05, 3.63) is 30.3 Å². The number of nitrogens with zero attached hydrogens (tertiary/aromatic N) is 1. The molecule has 4 aliphatic carbocycles. The number of rotatable bonds is 4. The number of carbonyl (C=O) groups excluding carboxylic acids is 1. The van der Waals surface area contributed by atoms with Gasteiger partial charge in [-0.25, -0.2) is 0 Å². The minimum Gasteiger partial charge on any atom is -0.496 e. The Balaban J connectivity index is 1.36. The van der Waals surface area contributed by atoms with Gasteiger partial charge in [0.2, 0.25) is 5.91 Å². The molecule has 4 fully saturated rings. The third-order valence-corrected chi connectivity index (χ3v) is 6.74. The van der Waals surface area contributed by atoms with Crippen LogP contribution < -0.4 is 10.1 Å². The first-order valence-corrected chi connectivity index (χ1v) is 9.65. The summed E-state index contributed by atoms with van der Waals surface area (Å²) in [4.78, 5) is 13.1. The average Bonchev–Trinajstić information content (AvgIpc) is 3.09. The summed E-state index contributed by atoms with van der Waals surface area (Å²) in [5.74, 6) is 3.84. The average molecular weight is 351 g/mol. The molecule has 2 aromatic rings. The molecule has 0 saturated heterocycles. The van der Waals surface area contributed by atoms with Crippen LogP contribution in [0.25, 0.3) is 11.3 Å². The Labute approximate surface area is 153 Å². The molecule has 4 aliphatic rings. The van der Waals surface area contributed by atoms with Gasteiger partial charge in [-0.1, -0.05) is 12.1 Å². The fourth-order valence-electron chi connectivity index (χ4n) is 6.03. The maximum absolute atomic E-state index is 13.1. The number of nitrogens with one attached hydrogen (secondary N) is 2. The van der Waals surface area contributed by atoms with E-state index in [0.29, 0.717) is 5.82 Å². The van der Waals surface area contributed by atoms with Crippen LogP contribution >= 0.6 is 0 Å². The SMILES string of the molecule is COc1ccccc1-c1cc(NC(=O)C23CC4CC(CC(C4)C2)C3)n[nH]1. The number of amides is 1. The van der Waals surface area contributed by atoms with E-state index in [2.05, 4.69) is 15.5 Å². The first-order valence-electron chi connectivity index (χ1n) is 9.65. The lowest BCUT2D eigenvalue weighted by Gasteiger charge is -2.55. The van der Waals surface area contributed by atoms with Gasteiger partial charge in [0.25, 0.3) is 0 Å². The summed E-state index contributed by atoms with van der Waals surface area (Å²) in [7, 11) is 1.66. The molecular weight excluding hydrogens is 326 g/mol. The molecule has 5 heteroatoms. The Morgan fingerprint density at radius 3 is 2.46 bits per heavy atom. The third-order valence-electron chi connectivity index (χ3n) is 6.74. The minimum atomic E-state index is -0.154. The van der Waals surface area contributed by atoms with Gasteiger partial charge in [-0.2, -0.15) is 5.10 Å². The summed E-state index contributed by atoms with van der Waals surface area (Å²) in [6.45, 7) is 0. The van der Waals surface area contributed by atoms with Gasteiger partial charge in [0.1, 0.15) is 5.75 Å². The van der Waals surface area contributed by atoms with Crippen molar-refractivity contribution in [2.45, 2.75) is 38.5 Å². The molecule has 2 N–H and O–H groups in total. The van der Waals surface area contributed by atoms with Gasteiger partial charge in [-0.15, -0.1) is 0 Å². The predicted molar refractivity (Wildman–Crippen MR) is 99.8 cm³/mol. The normalized spacial score (nSPS) is 31.8. The van der Waals surface area contributed by atoms with Crippen molar-refractivity contribution < 1.29 is 9.53 Å². The van der Waals surface area contributed by atoms with Crippen molar-refractivity contribution in [3.8, 4) is 17.0 Å². The summed E-state index contributed by atoms with van der Waals surface area (Å²) >= 11 is 0. The number of H-pyrrole nitrogens is 1. The second kappa shape index (κ2) is 5.86. The van der Waals surface area contributed by atoms with E-state index < -0.39 is 0 Å². The lowest BCUT2D eigenvalue weighted by atomic mass is 9.49. The molecule has 0 spiro atoms. The van der Waals surface area contributed by atoms with Crippen LogP contribution in [-0.2, 0) is 4.79 Å². The minimum absolute atomic E-state index is 0.154. The Hall–Kier alpha value is -2.30. The fraction of sp³-hybridized carbons (Fsp3) is 0.524. The first-order chi connectivity index (χ1) is 12.6. The molecule has 26 heavy (non-hydrogen) atoms. The second-order valence-electron chi connectivity index (χ2n) is 8.52. The summed E-state index contributed by atoms with van der Waals surface area (Å²) in [5, 5.41) is 10.5. The van der Waals surface area contributed by atoms with Crippen LogP contribution in [0.5, 0.6) is 5.75 Å². The molecule has 1 amide bonds. The number of anilines is 1. The second-order valence-corrected chi connectivity index (χ2v) is 8.52. The molecule has 0 atom stereocenters. The van der Waals surface area contributed by atoms with Crippen molar-refractivity contribution in [1.29, 1.82) is 0 Å². The van der Waals surface area contributed by atoms with Crippen LogP contribution in [0, 0.1) is 23.2 Å². The van der Waals surface area contributed by atoms with E-state index in [1.165, 1.54) is 19.3 Å². The molecule has 1 aromatic carbocycles. The number of aromatic amines is 1. The largest absolute Gasteiger partial charge is 0.496 e. The van der Waals surface area contributed by atoms with Crippen LogP contribution in [0.3, 0.4) is 0 Å². The van der Waals surface area contributed by atoms with Crippen molar-refractivity contribution in [1.82, 2.24) is 10.2 Å². The first kappa shape index (κ1) is 15.9. The number of hydrogen-bond donors (Lipinski definition) is 2. The highest BCUT2D eigenvalue weighted by atomic mass is 16.5. The number of para-hydroxylation sites is 1. The molecule has 4 bridgehead atoms. The molecule has 1 aromatic heterocycles. The molecule has 136 valence electrons. The highest BCUT2D eigenvalue weighted by molar-refractivity contribution is 5.95. The van der Waals surface area contributed by atoms with E-state index >= 15 is 0 Å². The molecule has 0 unspecified atom stereocenters. The summed E-state index contributed by atoms with van der Waals surface area (Å²) < 4.78 is 5.42. The van der Waals surface area contributed by atoms with Crippen molar-refractivity contribution in [2.75, 3.05) is 12.4 Å². The van der Waals surface area contributed by atoms with E-state index in [0.717, 1.165) is 54.0 Å². The third kappa shape index (κ3) is 2.52. The van der Waals surface area contributed by atoms with E-state index in [1.807, 2.05) is 30.3 Å². The highest BCUT2D eigenvalue weighted by Gasteiger charge is 2.54. The van der Waals surface area contributed by atoms with E-state index in [-0.39, 0.29) is 11.3 Å². The smallest absolute Gasteiger partial charge is 0.231 e. The number of aromatic nitrogens is 2. The maximum atomic E-state index is 13.1. The number of ether oxygens (including phenoxy) is 1. The standard InChI is InChI=1S/C21H25N3O2/c1-26-18-5-3-2-4-16(18)17-9-19(24-23-17)22-20(25)21-10-13-6-14(11-21)8-15(7-13)12-21/h2-5,9,13-15H,6-8,10-12H2,1H3,(H2,22,23,24,25). The number of carbonyl (C=O) groups is 1. The number of benzene rings is 1. The zero-order valence-corrected chi connectivity index (χ0v) is 15.1. The molecule has 0 radical (unpaired) electrons. The fourth-order valence-corrected chi connectivity index (χ4v) is 6.03. The van der Waals surface area contributed by atoms with Crippen molar-refractivity contribution in [2.24, 2.45) is 23.2 Å². The van der Waals surface area contributed by atoms with E-state index in [9.17, 15) is 4.79 Å². The monoisotopic (exact) mass is 351 g/mol. The van der Waals surface area contributed by atoms with Gasteiger partial charge in [0.15, 0.2) is 5.82 Å². The zero-order valence-electron chi connectivity index (χ0n) is 15.1. The Bertz CT molecular complexity index is 806. The highest BCUT2D eigenvalue weighted by Crippen LogP contribution is 2.60. The van der Waals surface area contributed by atoms with Crippen LogP contribution in [0.2, 0.25) is 0 Å². The Morgan fingerprint density at radius 2 is 1.81 bits per heavy atom. The molecular formula is C21H25N3O2. The summed E-state index contributed by atoms with van der Waals surface area (Å²) in [6.07, 6.45) is 7.21. The van der Waals surface area contributed by atoms with E-state index in [4.69, 9.17) is 4.74 Å². The molecule has 6 rings (SSSR count). The number of hydrogen-bond acceptors (Lipinski definition) is 3. The van der Waals surface area contributed by atoms with Crippen LogP contribution in [-0.4, -0.2) is 23.2 Å². The summed E-state index contributed by atoms with van der Waals surface area (Å²) in [5.41, 5.74) is 1.64. The summed E-state index contributed by atoms with van der Waals surface area (Å²) in [6, 6.07) is 9.71. The van der Waals surface area contributed by atoms with Gasteiger partial charge in [0.05, 0.1) is 18.2 Å². The topological polar surface area (TPSA) is 67.0 Å². The molecule has 5 nitrogen and oxygen atoms in total. The van der Waals surface area contributed by atoms with Gasteiger partial charge in [0, 0.05) is 11.6 Å². The lowest BCUT2D eigenvalue weighted by Crippen LogP contribution is -2.51. The van der Waals surface area contributed by atoms with Gasteiger partial charge in [-0.3, -0.25) is 9.89 Å². The Morgan fingerprint density at radius 1 is 1.15 bits per heavy atom. The zero-order chi connectivity index (χ0) is 17.7. The molecule has 1 heterocycles. The van der Waals surface area contributed by atoms with Gasteiger partial charge in [-0.05, 0) is 68.4 Å². The van der Waals surface area contributed by atoms with Crippen LogP contribution in [0.4, 0.5) is 5.82 Å². The van der Waals surface area contributed by atoms with Gasteiger partial charge >= 0.3 is 0 Å². The maximum Gasteiger partial charge on any atom is 0.231 e. The quantitative estimate of drug-likeness (QED) is 0.866.